The van der Waals surface area contributed by atoms with Gasteiger partial charge in [-0.1, -0.05) is 35.8 Å². The third-order valence-corrected chi connectivity index (χ3v) is 5.59. The summed E-state index contributed by atoms with van der Waals surface area (Å²) >= 11 is 0. The summed E-state index contributed by atoms with van der Waals surface area (Å²) in [6.07, 6.45) is 11.3. The van der Waals surface area contributed by atoms with E-state index in [9.17, 15) is 5.11 Å². The highest BCUT2D eigenvalue weighted by Crippen LogP contribution is 2.52. The molecular weight excluding hydrogens is 256 g/mol. The molecule has 0 radical (unpaired) electrons. The molecule has 1 fully saturated rings. The molecule has 21 heavy (non-hydrogen) atoms. The third-order valence-electron chi connectivity index (χ3n) is 5.59. The van der Waals surface area contributed by atoms with Gasteiger partial charge < -0.3 is 5.11 Å². The monoisotopic (exact) mass is 288 g/mol. The molecule has 2 rings (SSSR count). The molecule has 0 aliphatic heterocycles. The molecule has 0 bridgehead atoms. The van der Waals surface area contributed by atoms with Crippen LogP contribution in [0.3, 0.4) is 0 Å². The fraction of sp³-hybridized carbons (Fsp3) is 0.700. The minimum absolute atomic E-state index is 0.220. The molecule has 2 aliphatic carbocycles. The van der Waals surface area contributed by atoms with E-state index < -0.39 is 0 Å². The normalized spacial score (nSPS) is 39.6. The van der Waals surface area contributed by atoms with Crippen molar-refractivity contribution in [1.82, 2.24) is 0 Å². The van der Waals surface area contributed by atoms with Crippen LogP contribution in [0, 0.1) is 11.3 Å². The highest BCUT2D eigenvalue weighted by molar-refractivity contribution is 5.28. The molecule has 2 aliphatic rings. The van der Waals surface area contributed by atoms with Gasteiger partial charge in [-0.3, -0.25) is 0 Å². The first kappa shape index (κ1) is 16.5. The maximum Gasteiger partial charge on any atom is 0.0761 e. The fourth-order valence-electron chi connectivity index (χ4n) is 4.24. The van der Waals surface area contributed by atoms with Crippen molar-refractivity contribution in [3.8, 4) is 0 Å². The Morgan fingerprint density at radius 1 is 1.14 bits per heavy atom. The maximum absolute atomic E-state index is 10.6. The Balaban J connectivity index is 2.37. The van der Waals surface area contributed by atoms with Crippen LogP contribution >= 0.6 is 0 Å². The molecule has 1 N–H and O–H groups in total. The zero-order valence-corrected chi connectivity index (χ0v) is 14.5. The maximum atomic E-state index is 10.6. The molecule has 3 atom stereocenters. The van der Waals surface area contributed by atoms with Crippen molar-refractivity contribution in [2.75, 3.05) is 0 Å². The van der Waals surface area contributed by atoms with Crippen LogP contribution in [0.5, 0.6) is 0 Å². The lowest BCUT2D eigenvalue weighted by Gasteiger charge is -2.31. The largest absolute Gasteiger partial charge is 0.389 e. The first-order valence-electron chi connectivity index (χ1n) is 8.50. The third kappa shape index (κ3) is 3.69. The predicted molar refractivity (Wildman–Crippen MR) is 91.2 cm³/mol. The Labute approximate surface area is 130 Å². The van der Waals surface area contributed by atoms with Crippen LogP contribution in [-0.4, -0.2) is 11.2 Å². The number of allylic oxidation sites excluding steroid dienone is 5. The van der Waals surface area contributed by atoms with E-state index in [2.05, 4.69) is 46.8 Å². The van der Waals surface area contributed by atoms with Gasteiger partial charge in [0.15, 0.2) is 0 Å². The quantitative estimate of drug-likeness (QED) is 0.578. The van der Waals surface area contributed by atoms with Crippen molar-refractivity contribution in [2.45, 2.75) is 79.2 Å². The number of hydrogen-bond acceptors (Lipinski definition) is 1. The second-order valence-electron chi connectivity index (χ2n) is 7.76. The lowest BCUT2D eigenvalue weighted by Crippen LogP contribution is -2.22. The number of aliphatic hydroxyl groups excluding tert-OH is 1. The minimum Gasteiger partial charge on any atom is -0.389 e. The number of hydrogen-bond donors (Lipinski definition) is 1. The van der Waals surface area contributed by atoms with E-state index >= 15 is 0 Å². The number of rotatable bonds is 0. The van der Waals surface area contributed by atoms with Gasteiger partial charge in [0, 0.05) is 0 Å². The molecule has 0 aromatic heterocycles. The van der Waals surface area contributed by atoms with E-state index in [0.29, 0.717) is 5.92 Å². The lowest BCUT2D eigenvalue weighted by atomic mass is 9.72. The fourth-order valence-corrected chi connectivity index (χ4v) is 4.24. The van der Waals surface area contributed by atoms with Gasteiger partial charge in [0.1, 0.15) is 0 Å². The molecule has 0 amide bonds. The molecular formula is C20H32O. The lowest BCUT2D eigenvalue weighted by molar-refractivity contribution is 0.172. The average Bonchev–Trinajstić information content (AvgIpc) is 2.64. The van der Waals surface area contributed by atoms with Crippen molar-refractivity contribution in [3.63, 3.8) is 0 Å². The SMILES string of the molecule is CC(C)=C1[C@H](O)C[C@@]2(C)C/C=C(\C)CC/C=C(\C)CC[C@H]12. The average molecular weight is 288 g/mol. The number of aliphatic hydroxyl groups is 1. The second-order valence-corrected chi connectivity index (χ2v) is 7.76. The van der Waals surface area contributed by atoms with E-state index in [1.807, 2.05) is 0 Å². The Bertz CT molecular complexity index is 476. The van der Waals surface area contributed by atoms with E-state index in [4.69, 9.17) is 0 Å². The van der Waals surface area contributed by atoms with Crippen molar-refractivity contribution in [1.29, 1.82) is 0 Å². The highest BCUT2D eigenvalue weighted by Gasteiger charge is 2.45. The summed E-state index contributed by atoms with van der Waals surface area (Å²) < 4.78 is 0. The molecule has 0 heterocycles. The molecule has 0 saturated heterocycles. The molecule has 0 spiro atoms. The topological polar surface area (TPSA) is 20.2 Å². The molecule has 0 unspecified atom stereocenters. The molecule has 0 aromatic carbocycles. The van der Waals surface area contributed by atoms with Crippen molar-refractivity contribution in [3.05, 3.63) is 34.4 Å². The first-order valence-corrected chi connectivity index (χ1v) is 8.50. The Hall–Kier alpha value is -0.820. The summed E-state index contributed by atoms with van der Waals surface area (Å²) in [7, 11) is 0. The van der Waals surface area contributed by atoms with Crippen LogP contribution in [0.2, 0.25) is 0 Å². The molecule has 1 heteroatoms. The van der Waals surface area contributed by atoms with Crippen LogP contribution < -0.4 is 0 Å². The summed E-state index contributed by atoms with van der Waals surface area (Å²) in [4.78, 5) is 0. The van der Waals surface area contributed by atoms with Crippen LogP contribution in [0.1, 0.15) is 73.1 Å². The smallest absolute Gasteiger partial charge is 0.0761 e. The summed E-state index contributed by atoms with van der Waals surface area (Å²) in [5.41, 5.74) is 5.89. The Morgan fingerprint density at radius 3 is 2.48 bits per heavy atom. The molecule has 1 saturated carbocycles. The van der Waals surface area contributed by atoms with Crippen molar-refractivity contribution >= 4 is 0 Å². The molecule has 118 valence electrons. The summed E-state index contributed by atoms with van der Waals surface area (Å²) in [5, 5.41) is 10.6. The Kier molecular flexibility index (Phi) is 5.14. The van der Waals surface area contributed by atoms with Crippen LogP contribution in [0.25, 0.3) is 0 Å². The van der Waals surface area contributed by atoms with Gasteiger partial charge >= 0.3 is 0 Å². The summed E-state index contributed by atoms with van der Waals surface area (Å²) in [6, 6.07) is 0. The zero-order valence-electron chi connectivity index (χ0n) is 14.5. The van der Waals surface area contributed by atoms with Gasteiger partial charge in [-0.25, -0.2) is 0 Å². The number of fused-ring (bicyclic) bond motifs is 1. The van der Waals surface area contributed by atoms with Gasteiger partial charge in [0.2, 0.25) is 0 Å². The van der Waals surface area contributed by atoms with Crippen molar-refractivity contribution < 1.29 is 5.11 Å². The van der Waals surface area contributed by atoms with Crippen molar-refractivity contribution in [2.24, 2.45) is 11.3 Å². The second kappa shape index (κ2) is 6.52. The minimum atomic E-state index is -0.231. The molecule has 0 aromatic rings. The van der Waals surface area contributed by atoms with E-state index in [0.717, 1.165) is 12.8 Å². The van der Waals surface area contributed by atoms with Gasteiger partial charge in [0.05, 0.1) is 6.10 Å². The van der Waals surface area contributed by atoms with Gasteiger partial charge in [-0.2, -0.15) is 0 Å². The van der Waals surface area contributed by atoms with Gasteiger partial charge in [-0.05, 0) is 83.1 Å². The predicted octanol–water partition coefficient (Wildman–Crippen LogP) is 5.57. The first-order chi connectivity index (χ1) is 9.83. The van der Waals surface area contributed by atoms with E-state index in [1.54, 1.807) is 0 Å². The highest BCUT2D eigenvalue weighted by atomic mass is 16.3. The summed E-state index contributed by atoms with van der Waals surface area (Å²) in [5.74, 6) is 0.531. The van der Waals surface area contributed by atoms with Crippen LogP contribution in [-0.2, 0) is 0 Å². The Morgan fingerprint density at radius 2 is 1.81 bits per heavy atom. The van der Waals surface area contributed by atoms with Gasteiger partial charge in [0.25, 0.3) is 0 Å². The van der Waals surface area contributed by atoms with Crippen LogP contribution in [0.4, 0.5) is 0 Å². The van der Waals surface area contributed by atoms with Crippen LogP contribution in [0.15, 0.2) is 34.4 Å². The zero-order chi connectivity index (χ0) is 15.6. The molecule has 1 nitrogen and oxygen atoms in total. The summed E-state index contributed by atoms with van der Waals surface area (Å²) in [6.45, 7) is 11.2. The van der Waals surface area contributed by atoms with E-state index in [-0.39, 0.29) is 11.5 Å². The van der Waals surface area contributed by atoms with E-state index in [1.165, 1.54) is 48.0 Å². The standard InChI is InChI=1S/C20H32O/c1-14(2)19-17-10-9-15(3)7-6-8-16(4)11-12-20(17,5)13-18(19)21/h7,11,17-18,21H,6,8-10,12-13H2,1-5H3/b15-7+,16-11+/t17-,18-,20-/m1/s1. The van der Waals surface area contributed by atoms with Gasteiger partial charge in [-0.15, -0.1) is 0 Å².